The lowest BCUT2D eigenvalue weighted by Gasteiger charge is -2.35. The first-order valence-corrected chi connectivity index (χ1v) is 9.35. The third-order valence-corrected chi connectivity index (χ3v) is 5.35. The van der Waals surface area contributed by atoms with Crippen molar-refractivity contribution >= 4 is 11.8 Å². The van der Waals surface area contributed by atoms with Gasteiger partial charge in [-0.25, -0.2) is 0 Å². The van der Waals surface area contributed by atoms with Crippen molar-refractivity contribution in [3.8, 4) is 0 Å². The monoisotopic (exact) mass is 291 g/mol. The zero-order valence-electron chi connectivity index (χ0n) is 13.2. The summed E-state index contributed by atoms with van der Waals surface area (Å²) in [5, 5.41) is 3.84. The summed E-state index contributed by atoms with van der Waals surface area (Å²) < 4.78 is 0. The Labute approximate surface area is 128 Å². The van der Waals surface area contributed by atoms with Crippen LogP contribution in [0.1, 0.15) is 57.6 Å². The van der Waals surface area contributed by atoms with Gasteiger partial charge in [0.25, 0.3) is 0 Å². The van der Waals surface area contributed by atoms with Crippen LogP contribution in [0.3, 0.4) is 0 Å². The fourth-order valence-corrected chi connectivity index (χ4v) is 4.18. The van der Waals surface area contributed by atoms with Gasteiger partial charge in [-0.15, -0.1) is 11.8 Å². The average molecular weight is 292 g/mol. The SMILES string of the molecule is CCCNC(c1ccccc1SC)C1CCCC(C)C1. The second-order valence-corrected chi connectivity index (χ2v) is 7.05. The Bertz CT molecular complexity index is 404. The Morgan fingerprint density at radius 3 is 2.80 bits per heavy atom. The molecule has 1 saturated carbocycles. The molecule has 20 heavy (non-hydrogen) atoms. The summed E-state index contributed by atoms with van der Waals surface area (Å²) in [7, 11) is 0. The number of nitrogens with one attached hydrogen (secondary N) is 1. The molecule has 1 fully saturated rings. The highest BCUT2D eigenvalue weighted by Crippen LogP contribution is 2.39. The molecular formula is C18H29NS. The van der Waals surface area contributed by atoms with Gasteiger partial charge in [0.2, 0.25) is 0 Å². The Morgan fingerprint density at radius 2 is 2.10 bits per heavy atom. The summed E-state index contributed by atoms with van der Waals surface area (Å²) in [6, 6.07) is 9.50. The Hall–Kier alpha value is -0.470. The summed E-state index contributed by atoms with van der Waals surface area (Å²) in [6.07, 6.45) is 8.98. The molecule has 0 saturated heterocycles. The first-order valence-electron chi connectivity index (χ1n) is 8.12. The summed E-state index contributed by atoms with van der Waals surface area (Å²) in [5.74, 6) is 1.69. The van der Waals surface area contributed by atoms with E-state index in [4.69, 9.17) is 0 Å². The van der Waals surface area contributed by atoms with Crippen molar-refractivity contribution in [1.82, 2.24) is 5.32 Å². The Morgan fingerprint density at radius 1 is 1.30 bits per heavy atom. The lowest BCUT2D eigenvalue weighted by molar-refractivity contribution is 0.222. The largest absolute Gasteiger partial charge is 0.310 e. The van der Waals surface area contributed by atoms with Crippen molar-refractivity contribution in [3.05, 3.63) is 29.8 Å². The van der Waals surface area contributed by atoms with Crippen molar-refractivity contribution in [2.45, 2.75) is 56.9 Å². The summed E-state index contributed by atoms with van der Waals surface area (Å²) in [6.45, 7) is 5.80. The normalized spacial score (nSPS) is 24.6. The molecule has 0 radical (unpaired) electrons. The van der Waals surface area contributed by atoms with Gasteiger partial charge in [0.15, 0.2) is 0 Å². The molecule has 2 rings (SSSR count). The lowest BCUT2D eigenvalue weighted by atomic mass is 9.76. The van der Waals surface area contributed by atoms with Gasteiger partial charge in [0, 0.05) is 10.9 Å². The average Bonchev–Trinajstić information content (AvgIpc) is 2.48. The number of hydrogen-bond donors (Lipinski definition) is 1. The zero-order chi connectivity index (χ0) is 14.4. The number of hydrogen-bond acceptors (Lipinski definition) is 2. The van der Waals surface area contributed by atoms with E-state index in [0.717, 1.165) is 18.4 Å². The van der Waals surface area contributed by atoms with Crippen LogP contribution in [0.25, 0.3) is 0 Å². The molecule has 1 aromatic rings. The topological polar surface area (TPSA) is 12.0 Å². The third kappa shape index (κ3) is 4.02. The molecule has 0 heterocycles. The molecule has 1 N–H and O–H groups in total. The van der Waals surface area contributed by atoms with Gasteiger partial charge in [0.1, 0.15) is 0 Å². The van der Waals surface area contributed by atoms with Crippen molar-refractivity contribution < 1.29 is 0 Å². The molecule has 0 spiro atoms. The molecule has 2 heteroatoms. The van der Waals surface area contributed by atoms with Gasteiger partial charge in [-0.1, -0.05) is 44.9 Å². The molecule has 0 amide bonds. The Balaban J connectivity index is 2.21. The van der Waals surface area contributed by atoms with E-state index in [1.165, 1.54) is 42.6 Å². The van der Waals surface area contributed by atoms with Gasteiger partial charge < -0.3 is 5.32 Å². The van der Waals surface area contributed by atoms with Crippen LogP contribution in [-0.2, 0) is 0 Å². The minimum atomic E-state index is 0.543. The van der Waals surface area contributed by atoms with E-state index in [2.05, 4.69) is 49.7 Å². The van der Waals surface area contributed by atoms with E-state index >= 15 is 0 Å². The predicted octanol–water partition coefficient (Wildman–Crippen LogP) is 5.28. The smallest absolute Gasteiger partial charge is 0.0359 e. The van der Waals surface area contributed by atoms with Gasteiger partial charge in [-0.3, -0.25) is 0 Å². The molecule has 3 atom stereocenters. The molecule has 0 aromatic heterocycles. The van der Waals surface area contributed by atoms with E-state index in [0.29, 0.717) is 6.04 Å². The third-order valence-electron chi connectivity index (χ3n) is 4.54. The van der Waals surface area contributed by atoms with Gasteiger partial charge in [-0.2, -0.15) is 0 Å². The van der Waals surface area contributed by atoms with Crippen LogP contribution in [0.5, 0.6) is 0 Å². The quantitative estimate of drug-likeness (QED) is 0.716. The fraction of sp³-hybridized carbons (Fsp3) is 0.667. The van der Waals surface area contributed by atoms with Crippen molar-refractivity contribution in [1.29, 1.82) is 0 Å². The van der Waals surface area contributed by atoms with Crippen molar-refractivity contribution in [2.24, 2.45) is 11.8 Å². The van der Waals surface area contributed by atoms with Crippen molar-refractivity contribution in [2.75, 3.05) is 12.8 Å². The maximum Gasteiger partial charge on any atom is 0.0359 e. The molecule has 1 aliphatic carbocycles. The molecule has 3 unspecified atom stereocenters. The lowest BCUT2D eigenvalue weighted by Crippen LogP contribution is -2.32. The molecule has 112 valence electrons. The summed E-state index contributed by atoms with van der Waals surface area (Å²) >= 11 is 1.88. The second-order valence-electron chi connectivity index (χ2n) is 6.21. The highest BCUT2D eigenvalue weighted by Gasteiger charge is 2.28. The first kappa shape index (κ1) is 15.9. The molecule has 0 aliphatic heterocycles. The summed E-state index contributed by atoms with van der Waals surface area (Å²) in [5.41, 5.74) is 1.52. The van der Waals surface area contributed by atoms with Crippen LogP contribution < -0.4 is 5.32 Å². The van der Waals surface area contributed by atoms with Gasteiger partial charge in [-0.05, 0) is 55.5 Å². The molecular weight excluding hydrogens is 262 g/mol. The number of thioether (sulfide) groups is 1. The Kier molecular flexibility index (Phi) is 6.44. The maximum atomic E-state index is 3.84. The van der Waals surface area contributed by atoms with Crippen LogP contribution in [0.2, 0.25) is 0 Å². The molecule has 1 nitrogen and oxygen atoms in total. The van der Waals surface area contributed by atoms with Crippen LogP contribution in [0.4, 0.5) is 0 Å². The molecule has 0 bridgehead atoms. The van der Waals surface area contributed by atoms with Crippen molar-refractivity contribution in [3.63, 3.8) is 0 Å². The van der Waals surface area contributed by atoms with Crippen LogP contribution >= 0.6 is 11.8 Å². The van der Waals surface area contributed by atoms with Gasteiger partial charge in [0.05, 0.1) is 0 Å². The second kappa shape index (κ2) is 8.09. The minimum Gasteiger partial charge on any atom is -0.310 e. The fourth-order valence-electron chi connectivity index (χ4n) is 3.54. The predicted molar refractivity (Wildman–Crippen MR) is 90.4 cm³/mol. The number of benzene rings is 1. The van der Waals surface area contributed by atoms with Crippen LogP contribution in [0, 0.1) is 11.8 Å². The number of rotatable bonds is 6. The highest BCUT2D eigenvalue weighted by molar-refractivity contribution is 7.98. The highest BCUT2D eigenvalue weighted by atomic mass is 32.2. The van der Waals surface area contributed by atoms with Crippen LogP contribution in [-0.4, -0.2) is 12.8 Å². The van der Waals surface area contributed by atoms with Crippen LogP contribution in [0.15, 0.2) is 29.2 Å². The van der Waals surface area contributed by atoms with E-state index in [-0.39, 0.29) is 0 Å². The van der Waals surface area contributed by atoms with E-state index < -0.39 is 0 Å². The molecule has 1 aromatic carbocycles. The van der Waals surface area contributed by atoms with E-state index in [1.54, 1.807) is 0 Å². The van der Waals surface area contributed by atoms with Gasteiger partial charge >= 0.3 is 0 Å². The zero-order valence-corrected chi connectivity index (χ0v) is 14.0. The minimum absolute atomic E-state index is 0.543. The van der Waals surface area contributed by atoms with E-state index in [1.807, 2.05) is 11.8 Å². The van der Waals surface area contributed by atoms with E-state index in [9.17, 15) is 0 Å². The maximum absolute atomic E-state index is 3.84. The molecule has 1 aliphatic rings. The first-order chi connectivity index (χ1) is 9.76. The summed E-state index contributed by atoms with van der Waals surface area (Å²) in [4.78, 5) is 1.44. The standard InChI is InChI=1S/C18H29NS/c1-4-12-19-18(15-9-7-8-14(2)13-15)16-10-5-6-11-17(16)20-3/h5-6,10-11,14-15,18-19H,4,7-9,12-13H2,1-3H3.